The molecular weight excluding hydrogens is 562 g/mol. The van der Waals surface area contributed by atoms with Gasteiger partial charge in [0.2, 0.25) is 0 Å². The van der Waals surface area contributed by atoms with Crippen LogP contribution in [-0.2, 0) is 17.5 Å². The van der Waals surface area contributed by atoms with Crippen LogP contribution in [0.5, 0.6) is 0 Å². The lowest BCUT2D eigenvalue weighted by atomic mass is 9.86. The van der Waals surface area contributed by atoms with Crippen LogP contribution in [0.3, 0.4) is 0 Å². The van der Waals surface area contributed by atoms with Gasteiger partial charge < -0.3 is 10.0 Å². The first-order valence-corrected chi connectivity index (χ1v) is 12.6. The number of carboxylic acids is 1. The quantitative estimate of drug-likeness (QED) is 0.355. The molecule has 4 rings (SSSR count). The number of carbonyl (C=O) groups is 3. The first-order valence-electron chi connectivity index (χ1n) is 11.8. The zero-order chi connectivity index (χ0) is 28.3. The van der Waals surface area contributed by atoms with E-state index in [1.165, 1.54) is 36.9 Å². The third-order valence-electron chi connectivity index (χ3n) is 6.54. The molecule has 0 unspecified atom stereocenters. The summed E-state index contributed by atoms with van der Waals surface area (Å²) in [6.07, 6.45) is 0.549. The number of alkyl halides is 3. The molecule has 0 spiro atoms. The van der Waals surface area contributed by atoms with E-state index in [1.54, 1.807) is 0 Å². The molecule has 2 heterocycles. The average Bonchev–Trinajstić information content (AvgIpc) is 3.34. The first kappa shape index (κ1) is 28.5. The maximum atomic E-state index is 14.3. The lowest BCUT2D eigenvalue weighted by molar-refractivity contribution is -0.147. The number of ketones is 1. The lowest BCUT2D eigenvalue weighted by Crippen LogP contribution is -2.37. The topological polar surface area (TPSA) is 118 Å². The normalized spacial score (nSPS) is 17.6. The van der Waals surface area contributed by atoms with Crippen molar-refractivity contribution in [2.75, 3.05) is 6.54 Å². The standard InChI is InChI=1S/C25H22Cl2F3N5O4/c26-18-2-1-3-19(27)21(18)20(36)12-34(11-14-8-31-13-32-9-14)23(37)17-10-33-35(22(17)25(28,29)30)16-6-4-15(5-7-16)24(38)39/h1-3,8-10,13,15-16H,4-7,11-12H2,(H,38,39). The summed E-state index contributed by atoms with van der Waals surface area (Å²) in [6.45, 7) is -0.914. The van der Waals surface area contributed by atoms with Crippen molar-refractivity contribution >= 4 is 40.9 Å². The van der Waals surface area contributed by atoms with Crippen LogP contribution in [0.1, 0.15) is 63.7 Å². The van der Waals surface area contributed by atoms with Gasteiger partial charge in [0.15, 0.2) is 11.5 Å². The molecule has 3 aromatic rings. The van der Waals surface area contributed by atoms with Gasteiger partial charge in [0.1, 0.15) is 6.33 Å². The molecule has 206 valence electrons. The summed E-state index contributed by atoms with van der Waals surface area (Å²) in [5, 5.41) is 13.2. The third kappa shape index (κ3) is 6.39. The van der Waals surface area contributed by atoms with E-state index in [1.807, 2.05) is 0 Å². The van der Waals surface area contributed by atoms with Crippen LogP contribution in [0.15, 0.2) is 43.1 Å². The van der Waals surface area contributed by atoms with Gasteiger partial charge >= 0.3 is 12.1 Å². The van der Waals surface area contributed by atoms with Crippen molar-refractivity contribution in [3.63, 3.8) is 0 Å². The maximum Gasteiger partial charge on any atom is 0.433 e. The molecule has 14 heteroatoms. The molecule has 0 atom stereocenters. The minimum atomic E-state index is -4.96. The second-order valence-corrected chi connectivity index (χ2v) is 9.94. The minimum absolute atomic E-state index is 0.0312. The zero-order valence-electron chi connectivity index (χ0n) is 20.2. The molecule has 1 fully saturated rings. The van der Waals surface area contributed by atoms with Crippen molar-refractivity contribution in [3.05, 3.63) is 75.5 Å². The number of hydrogen-bond donors (Lipinski definition) is 1. The summed E-state index contributed by atoms with van der Waals surface area (Å²) in [4.78, 5) is 46.7. The number of aromatic nitrogens is 4. The van der Waals surface area contributed by atoms with Gasteiger partial charge in [-0.2, -0.15) is 18.3 Å². The Morgan fingerprint density at radius 2 is 1.64 bits per heavy atom. The molecule has 0 aliphatic heterocycles. The third-order valence-corrected chi connectivity index (χ3v) is 7.17. The fourth-order valence-electron chi connectivity index (χ4n) is 4.66. The molecular formula is C25H22Cl2F3N5O4. The van der Waals surface area contributed by atoms with E-state index < -0.39 is 53.6 Å². The van der Waals surface area contributed by atoms with Gasteiger partial charge in [-0.05, 0) is 37.8 Å². The number of halogens is 5. The zero-order valence-corrected chi connectivity index (χ0v) is 21.7. The molecule has 39 heavy (non-hydrogen) atoms. The Morgan fingerprint density at radius 3 is 2.21 bits per heavy atom. The lowest BCUT2D eigenvalue weighted by Gasteiger charge is -2.28. The smallest absolute Gasteiger partial charge is 0.433 e. The highest BCUT2D eigenvalue weighted by Gasteiger charge is 2.43. The van der Waals surface area contributed by atoms with Crippen LogP contribution >= 0.6 is 23.2 Å². The first-order chi connectivity index (χ1) is 18.5. The molecule has 0 bridgehead atoms. The fraction of sp³-hybridized carbons (Fsp3) is 0.360. The van der Waals surface area contributed by atoms with Gasteiger partial charge in [0, 0.05) is 24.5 Å². The molecule has 1 aliphatic rings. The van der Waals surface area contributed by atoms with Crippen LogP contribution < -0.4 is 0 Å². The monoisotopic (exact) mass is 583 g/mol. The van der Waals surface area contributed by atoms with Crippen molar-refractivity contribution in [3.8, 4) is 0 Å². The summed E-state index contributed by atoms with van der Waals surface area (Å²) in [7, 11) is 0. The molecule has 9 nitrogen and oxygen atoms in total. The Hall–Kier alpha value is -3.51. The molecule has 1 N–H and O–H groups in total. The van der Waals surface area contributed by atoms with Crippen molar-refractivity contribution in [2.45, 2.75) is 44.4 Å². The number of aliphatic carboxylic acids is 1. The number of rotatable bonds is 8. The molecule has 1 aliphatic carbocycles. The van der Waals surface area contributed by atoms with Gasteiger partial charge in [0.25, 0.3) is 5.91 Å². The van der Waals surface area contributed by atoms with Crippen molar-refractivity contribution in [1.82, 2.24) is 24.6 Å². The van der Waals surface area contributed by atoms with E-state index in [0.717, 1.165) is 15.8 Å². The fourth-order valence-corrected chi connectivity index (χ4v) is 5.27. The highest BCUT2D eigenvalue weighted by molar-refractivity contribution is 6.40. The van der Waals surface area contributed by atoms with Crippen molar-refractivity contribution < 1.29 is 32.7 Å². The van der Waals surface area contributed by atoms with Crippen LogP contribution in [0, 0.1) is 5.92 Å². The predicted molar refractivity (Wildman–Crippen MR) is 133 cm³/mol. The van der Waals surface area contributed by atoms with Gasteiger partial charge in [-0.15, -0.1) is 0 Å². The van der Waals surface area contributed by atoms with E-state index in [-0.39, 0.29) is 47.8 Å². The molecule has 1 saturated carbocycles. The second-order valence-electron chi connectivity index (χ2n) is 9.12. The summed E-state index contributed by atoms with van der Waals surface area (Å²) >= 11 is 12.3. The highest BCUT2D eigenvalue weighted by atomic mass is 35.5. The predicted octanol–water partition coefficient (Wildman–Crippen LogP) is 5.34. The number of carboxylic acid groups (broad SMARTS) is 1. The van der Waals surface area contributed by atoms with Crippen LogP contribution in [0.2, 0.25) is 10.0 Å². The Labute approximate surface area is 230 Å². The Balaban J connectivity index is 1.69. The number of Topliss-reactive ketones (excluding diaryl/α,β-unsaturated/α-hetero) is 1. The van der Waals surface area contributed by atoms with Crippen LogP contribution in [0.4, 0.5) is 13.2 Å². The van der Waals surface area contributed by atoms with E-state index in [0.29, 0.717) is 5.56 Å². The van der Waals surface area contributed by atoms with Crippen molar-refractivity contribution in [2.24, 2.45) is 5.92 Å². The number of carbonyl (C=O) groups excluding carboxylic acids is 2. The molecule has 0 radical (unpaired) electrons. The number of hydrogen-bond acceptors (Lipinski definition) is 6. The molecule has 0 saturated heterocycles. The van der Waals surface area contributed by atoms with Gasteiger partial charge in [-0.1, -0.05) is 29.3 Å². The average molecular weight is 584 g/mol. The second kappa shape index (κ2) is 11.7. The number of benzene rings is 1. The van der Waals surface area contributed by atoms with Gasteiger partial charge in [-0.25, -0.2) is 9.97 Å². The number of amides is 1. The summed E-state index contributed by atoms with van der Waals surface area (Å²) < 4.78 is 43.8. The molecule has 2 aromatic heterocycles. The largest absolute Gasteiger partial charge is 0.481 e. The van der Waals surface area contributed by atoms with E-state index in [2.05, 4.69) is 15.1 Å². The van der Waals surface area contributed by atoms with E-state index in [9.17, 15) is 32.7 Å². The van der Waals surface area contributed by atoms with Gasteiger partial charge in [0.05, 0.1) is 45.9 Å². The van der Waals surface area contributed by atoms with Crippen molar-refractivity contribution in [1.29, 1.82) is 0 Å². The summed E-state index contributed by atoms with van der Waals surface area (Å²) in [6, 6.07) is 3.66. The van der Waals surface area contributed by atoms with Gasteiger partial charge in [-0.3, -0.25) is 19.1 Å². The Morgan fingerprint density at radius 1 is 1.03 bits per heavy atom. The Kier molecular flexibility index (Phi) is 8.55. The molecule has 1 amide bonds. The highest BCUT2D eigenvalue weighted by Crippen LogP contribution is 2.39. The SMILES string of the molecule is O=C(CN(Cc1cncnc1)C(=O)c1cnn(C2CCC(C(=O)O)CC2)c1C(F)(F)F)c1c(Cl)cccc1Cl. The Bertz CT molecular complexity index is 1360. The summed E-state index contributed by atoms with van der Waals surface area (Å²) in [5.41, 5.74) is -1.69. The summed E-state index contributed by atoms with van der Waals surface area (Å²) in [5.74, 6) is -3.40. The minimum Gasteiger partial charge on any atom is -0.481 e. The number of nitrogens with zero attached hydrogens (tertiary/aromatic N) is 5. The van der Waals surface area contributed by atoms with Crippen LogP contribution in [0.25, 0.3) is 0 Å². The van der Waals surface area contributed by atoms with Crippen LogP contribution in [-0.4, -0.2) is 54.0 Å². The van der Waals surface area contributed by atoms with E-state index >= 15 is 0 Å². The molecule has 1 aromatic carbocycles. The van der Waals surface area contributed by atoms with E-state index in [4.69, 9.17) is 23.2 Å². The maximum absolute atomic E-state index is 14.3.